The predicted molar refractivity (Wildman–Crippen MR) is 132 cm³/mol. The second kappa shape index (κ2) is 11.5. The van der Waals surface area contributed by atoms with Gasteiger partial charge in [0.2, 0.25) is 5.28 Å². The van der Waals surface area contributed by atoms with Gasteiger partial charge in [-0.15, -0.1) is 5.10 Å². The third-order valence-corrected chi connectivity index (χ3v) is 11.9. The zero-order valence-electron chi connectivity index (χ0n) is 20.7. The van der Waals surface area contributed by atoms with Gasteiger partial charge in [-0.1, -0.05) is 12.8 Å². The van der Waals surface area contributed by atoms with E-state index in [1.807, 2.05) is 0 Å². The van der Waals surface area contributed by atoms with Crippen LogP contribution in [0.4, 0.5) is 5.82 Å². The normalized spacial score (nSPS) is 31.4. The van der Waals surface area contributed by atoms with Gasteiger partial charge < -0.3 is 38.4 Å². The van der Waals surface area contributed by atoms with Crippen molar-refractivity contribution in [1.29, 1.82) is 0 Å². The highest BCUT2D eigenvalue weighted by atomic mass is 35.5. The van der Waals surface area contributed by atoms with Crippen molar-refractivity contribution >= 4 is 32.6 Å². The van der Waals surface area contributed by atoms with Crippen LogP contribution in [0.3, 0.4) is 0 Å². The maximum absolute atomic E-state index is 12.9. The number of halogens is 1. The van der Waals surface area contributed by atoms with E-state index in [0.29, 0.717) is 23.3 Å². The van der Waals surface area contributed by atoms with Crippen molar-refractivity contribution in [3.63, 3.8) is 0 Å². The van der Waals surface area contributed by atoms with E-state index in [1.165, 1.54) is 6.20 Å². The lowest BCUT2D eigenvalue weighted by molar-refractivity contribution is -0.0241. The summed E-state index contributed by atoms with van der Waals surface area (Å²) in [5.41, 5.74) is -0.162. The predicted octanol–water partition coefficient (Wildman–Crippen LogP) is 2.16. The van der Waals surface area contributed by atoms with Crippen molar-refractivity contribution in [3.05, 3.63) is 22.5 Å². The Balaban J connectivity index is 1.45. The van der Waals surface area contributed by atoms with Crippen molar-refractivity contribution in [2.45, 2.75) is 62.1 Å². The monoisotopic (exact) mass is 583 g/mol. The Morgan fingerprint density at radius 3 is 2.54 bits per heavy atom. The maximum Gasteiger partial charge on any atom is 0.342 e. The third kappa shape index (κ3) is 6.36. The fraction of sp³-hybridized carbons (Fsp3) is 0.750. The summed E-state index contributed by atoms with van der Waals surface area (Å²) in [4.78, 5) is 8.65. The molecular formula is C20H32ClN5O9P2. The molecule has 1 aliphatic heterocycles. The minimum absolute atomic E-state index is 0.0520. The Hall–Kier alpha value is -1.18. The van der Waals surface area contributed by atoms with Gasteiger partial charge in [0.15, 0.2) is 17.2 Å². The number of rotatable bonds is 11. The van der Waals surface area contributed by atoms with Crippen LogP contribution < -0.4 is 10.8 Å². The minimum atomic E-state index is -3.92. The number of aromatic nitrogens is 3. The third-order valence-electron chi connectivity index (χ3n) is 6.76. The molecule has 2 aliphatic carbocycles. The second-order valence-electron chi connectivity index (χ2n) is 9.08. The Morgan fingerprint density at radius 1 is 1.22 bits per heavy atom. The highest BCUT2D eigenvalue weighted by Gasteiger charge is 2.65. The zero-order chi connectivity index (χ0) is 26.8. The summed E-state index contributed by atoms with van der Waals surface area (Å²) >= 11 is 5.95. The number of H-pyrrole nitrogens is 1. The van der Waals surface area contributed by atoms with Crippen molar-refractivity contribution in [3.8, 4) is 0 Å². The fourth-order valence-corrected chi connectivity index (χ4v) is 8.65. The molecule has 3 fully saturated rings. The number of aliphatic hydroxyl groups is 2. The summed E-state index contributed by atoms with van der Waals surface area (Å²) < 4.78 is 51.2. The first-order valence-electron chi connectivity index (χ1n) is 11.7. The molecule has 0 amide bonds. The lowest BCUT2D eigenvalue weighted by Gasteiger charge is -2.22. The van der Waals surface area contributed by atoms with Gasteiger partial charge in [0.25, 0.3) is 0 Å². The molecule has 2 heterocycles. The number of hydrogen-bond donors (Lipinski definition) is 4. The number of anilines is 1. The highest BCUT2D eigenvalue weighted by molar-refractivity contribution is 7.71. The van der Waals surface area contributed by atoms with Gasteiger partial charge in [-0.05, 0) is 30.0 Å². The summed E-state index contributed by atoms with van der Waals surface area (Å²) in [7, 11) is -4.18. The maximum atomic E-state index is 12.9. The molecule has 17 heteroatoms. The van der Waals surface area contributed by atoms with Crippen LogP contribution in [0.2, 0.25) is 5.28 Å². The van der Waals surface area contributed by atoms with Crippen LogP contribution in [0.1, 0.15) is 32.1 Å². The minimum Gasteiger partial charge on any atom is -0.387 e. The molecule has 1 saturated heterocycles. The lowest BCUT2D eigenvalue weighted by atomic mass is 10.1. The summed E-state index contributed by atoms with van der Waals surface area (Å²) in [6.45, 7) is -0.392. The van der Waals surface area contributed by atoms with E-state index in [1.54, 1.807) is 0 Å². The highest BCUT2D eigenvalue weighted by Crippen LogP contribution is 2.63. The quantitative estimate of drug-likeness (QED) is 0.278. The molecule has 0 aromatic carbocycles. The molecular weight excluding hydrogens is 552 g/mol. The van der Waals surface area contributed by atoms with E-state index >= 15 is 0 Å². The molecule has 5 atom stereocenters. The molecule has 2 unspecified atom stereocenters. The molecule has 4 N–H and O–H groups in total. The number of nitrogens with one attached hydrogen (secondary N) is 2. The van der Waals surface area contributed by atoms with Crippen LogP contribution in [-0.4, -0.2) is 89.2 Å². The van der Waals surface area contributed by atoms with E-state index in [4.69, 9.17) is 34.4 Å². The Kier molecular flexibility index (Phi) is 8.97. The zero-order valence-corrected chi connectivity index (χ0v) is 23.2. The SMILES string of the molecule is COP(=O)(CP(=O)(OC)OC[C@H]1OC2(C/C2=C\N=c2/[nH]nc(Cl)nc2NC2CCCC2)[C@H](O)[C@@H]1O)OC. The van der Waals surface area contributed by atoms with Crippen molar-refractivity contribution in [1.82, 2.24) is 15.2 Å². The average Bonchev–Trinajstić information content (AvgIpc) is 3.21. The molecule has 37 heavy (non-hydrogen) atoms. The fourth-order valence-electron chi connectivity index (χ4n) is 4.49. The van der Waals surface area contributed by atoms with E-state index in [2.05, 4.69) is 25.5 Å². The Bertz CT molecular complexity index is 1170. The van der Waals surface area contributed by atoms with E-state index < -0.39 is 51.6 Å². The molecule has 3 aliphatic rings. The summed E-state index contributed by atoms with van der Waals surface area (Å²) in [5, 5.41) is 31.3. The molecule has 208 valence electrons. The van der Waals surface area contributed by atoms with Crippen LogP contribution in [0.5, 0.6) is 0 Å². The Labute approximate surface area is 218 Å². The largest absolute Gasteiger partial charge is 0.387 e. The smallest absolute Gasteiger partial charge is 0.342 e. The van der Waals surface area contributed by atoms with Gasteiger partial charge in [-0.25, -0.2) is 4.99 Å². The molecule has 1 aromatic heterocycles. The topological polar surface area (TPSA) is 187 Å². The summed E-state index contributed by atoms with van der Waals surface area (Å²) in [5.74, 6) is -0.154. The molecule has 1 spiro atoms. The van der Waals surface area contributed by atoms with Gasteiger partial charge >= 0.3 is 15.2 Å². The number of nitrogens with zero attached hydrogens (tertiary/aromatic N) is 3. The first-order valence-corrected chi connectivity index (χ1v) is 15.6. The summed E-state index contributed by atoms with van der Waals surface area (Å²) in [6, 6.07) is 0.272. The number of ether oxygens (including phenoxy) is 1. The van der Waals surface area contributed by atoms with Crippen molar-refractivity contribution < 1.29 is 42.2 Å². The van der Waals surface area contributed by atoms with Gasteiger partial charge in [-0.3, -0.25) is 14.2 Å². The number of aliphatic hydroxyl groups excluding tert-OH is 2. The van der Waals surface area contributed by atoms with Gasteiger partial charge in [0.05, 0.1) is 6.61 Å². The van der Waals surface area contributed by atoms with Crippen LogP contribution >= 0.6 is 26.8 Å². The molecule has 14 nitrogen and oxygen atoms in total. The summed E-state index contributed by atoms with van der Waals surface area (Å²) in [6.07, 6.45) is 2.53. The van der Waals surface area contributed by atoms with Crippen LogP contribution in [0.25, 0.3) is 0 Å². The second-order valence-corrected chi connectivity index (χ2v) is 14.3. The van der Waals surface area contributed by atoms with Crippen molar-refractivity contribution in [2.24, 2.45) is 4.99 Å². The van der Waals surface area contributed by atoms with Gasteiger partial charge in [-0.2, -0.15) is 4.98 Å². The molecule has 4 rings (SSSR count). The van der Waals surface area contributed by atoms with Crippen molar-refractivity contribution in [2.75, 3.05) is 39.2 Å². The molecule has 0 radical (unpaired) electrons. The molecule has 2 saturated carbocycles. The first-order chi connectivity index (χ1) is 17.6. The molecule has 0 bridgehead atoms. The Morgan fingerprint density at radius 2 is 1.89 bits per heavy atom. The van der Waals surface area contributed by atoms with Crippen LogP contribution in [-0.2, 0) is 32.0 Å². The van der Waals surface area contributed by atoms with Gasteiger partial charge in [0.1, 0.15) is 23.9 Å². The standard InChI is InChI=1S/C20H32ClN5O9P2/c1-31-36(29,32-2)11-37(30,33-3)34-10-14-15(27)16(28)20(35-14)8-12(20)9-22-17-18(24-19(21)26-25-17)23-13-6-4-5-7-13/h9,13-16,27-28H,4-8,10-11H2,1-3H3,(H,22,25)(H,23,24,26)/b12-9+/t14-,15-,16-,20?,37?/m1/s1. The average molecular weight is 584 g/mol. The number of aromatic amines is 1. The molecule has 1 aromatic rings. The van der Waals surface area contributed by atoms with Crippen LogP contribution in [0, 0.1) is 0 Å². The van der Waals surface area contributed by atoms with Gasteiger partial charge in [0, 0.05) is 40.0 Å². The lowest BCUT2D eigenvalue weighted by Crippen LogP contribution is -2.35. The van der Waals surface area contributed by atoms with Crippen LogP contribution in [0.15, 0.2) is 16.8 Å². The van der Waals surface area contributed by atoms with E-state index in [0.717, 1.165) is 47.0 Å². The first kappa shape index (κ1) is 28.8. The van der Waals surface area contributed by atoms with E-state index in [9.17, 15) is 19.3 Å². The number of hydrogen-bond acceptors (Lipinski definition) is 13. The van der Waals surface area contributed by atoms with E-state index in [-0.39, 0.29) is 11.3 Å².